The van der Waals surface area contributed by atoms with Crippen LogP contribution in [0.5, 0.6) is 0 Å². The molecule has 0 fully saturated rings. The summed E-state index contributed by atoms with van der Waals surface area (Å²) in [6.45, 7) is 13.0. The monoisotopic (exact) mass is 211 g/mol. The summed E-state index contributed by atoms with van der Waals surface area (Å²) in [5.41, 5.74) is 1.51. The molecule has 0 radical (unpaired) electrons. The number of nitrogens with one attached hydrogen (secondary N) is 1. The van der Waals surface area contributed by atoms with E-state index < -0.39 is 0 Å². The van der Waals surface area contributed by atoms with Gasteiger partial charge in [0.05, 0.1) is 0 Å². The number of hydrogen-bond donors (Lipinski definition) is 1. The van der Waals surface area contributed by atoms with E-state index in [0.717, 1.165) is 11.3 Å². The van der Waals surface area contributed by atoms with Gasteiger partial charge in [-0.3, -0.25) is 4.79 Å². The van der Waals surface area contributed by atoms with E-state index in [1.807, 2.05) is 13.8 Å². The lowest BCUT2D eigenvalue weighted by molar-refractivity contribution is -0.139. The second kappa shape index (κ2) is 10.6. The van der Waals surface area contributed by atoms with Gasteiger partial charge in [-0.05, 0) is 11.6 Å². The molecule has 0 unspecified atom stereocenters. The number of allylic oxidation sites excluding steroid dienone is 1. The van der Waals surface area contributed by atoms with E-state index in [1.54, 1.807) is 19.2 Å². The number of carbonyl (C=O) groups is 1. The first kappa shape index (κ1) is 15.9. The van der Waals surface area contributed by atoms with E-state index in [9.17, 15) is 4.79 Å². The Morgan fingerprint density at radius 3 is 2.27 bits per heavy atom. The molecule has 0 saturated carbocycles. The van der Waals surface area contributed by atoms with Crippen molar-refractivity contribution in [3.8, 4) is 0 Å². The van der Waals surface area contributed by atoms with Gasteiger partial charge in [-0.15, -0.1) is 0 Å². The molecule has 0 bridgehead atoms. The van der Waals surface area contributed by atoms with Gasteiger partial charge in [0.1, 0.15) is 6.61 Å². The van der Waals surface area contributed by atoms with Gasteiger partial charge in [-0.2, -0.15) is 0 Å². The van der Waals surface area contributed by atoms with Crippen molar-refractivity contribution >= 4 is 5.97 Å². The van der Waals surface area contributed by atoms with Gasteiger partial charge in [0.15, 0.2) is 0 Å². The molecule has 86 valence electrons. The largest absolute Gasteiger partial charge is 0.461 e. The summed E-state index contributed by atoms with van der Waals surface area (Å²) < 4.78 is 4.73. The van der Waals surface area contributed by atoms with Gasteiger partial charge in [0.2, 0.25) is 0 Å². The topological polar surface area (TPSA) is 38.3 Å². The first-order chi connectivity index (χ1) is 7.06. The van der Waals surface area contributed by atoms with E-state index in [-0.39, 0.29) is 12.6 Å². The lowest BCUT2D eigenvalue weighted by atomic mass is 10.3. The van der Waals surface area contributed by atoms with Crippen LogP contribution in [-0.4, -0.2) is 19.6 Å². The van der Waals surface area contributed by atoms with Crippen molar-refractivity contribution < 1.29 is 9.53 Å². The van der Waals surface area contributed by atoms with Gasteiger partial charge in [-0.25, -0.2) is 0 Å². The first-order valence-corrected chi connectivity index (χ1v) is 4.92. The van der Waals surface area contributed by atoms with E-state index >= 15 is 0 Å². The zero-order valence-electron chi connectivity index (χ0n) is 10.1. The molecule has 1 N–H and O–H groups in total. The third-order valence-electron chi connectivity index (χ3n) is 1.30. The van der Waals surface area contributed by atoms with Gasteiger partial charge >= 0.3 is 5.97 Å². The number of rotatable bonds is 5. The van der Waals surface area contributed by atoms with Crippen LogP contribution in [0.4, 0.5) is 0 Å². The molecular weight excluding hydrogens is 190 g/mol. The Morgan fingerprint density at radius 2 is 1.87 bits per heavy atom. The van der Waals surface area contributed by atoms with Crippen molar-refractivity contribution in [2.24, 2.45) is 0 Å². The molecule has 0 amide bonds. The maximum Gasteiger partial charge on any atom is 0.302 e. The smallest absolute Gasteiger partial charge is 0.302 e. The lowest BCUT2D eigenvalue weighted by Gasteiger charge is -2.01. The molecule has 0 aromatic heterocycles. The standard InChI is InChI=1S/C10H15NO2.C2H6/c1-8(7-13-10(3)12)5-6-9(2)11-4;1-2/h5-6,11H,1-2,7H2,3-4H3;1-2H3/b6-5-;. The van der Waals surface area contributed by atoms with Gasteiger partial charge in [-0.1, -0.05) is 33.1 Å². The Bertz CT molecular complexity index is 242. The predicted molar refractivity (Wildman–Crippen MR) is 64.5 cm³/mol. The van der Waals surface area contributed by atoms with Crippen molar-refractivity contribution in [3.63, 3.8) is 0 Å². The van der Waals surface area contributed by atoms with Crippen LogP contribution < -0.4 is 5.32 Å². The van der Waals surface area contributed by atoms with Gasteiger partial charge < -0.3 is 10.1 Å². The molecular formula is C12H21NO2. The molecule has 0 aliphatic heterocycles. The minimum Gasteiger partial charge on any atom is -0.461 e. The average Bonchev–Trinajstić information content (AvgIpc) is 2.25. The second-order valence-electron chi connectivity index (χ2n) is 2.55. The van der Waals surface area contributed by atoms with Crippen LogP contribution >= 0.6 is 0 Å². The summed E-state index contributed by atoms with van der Waals surface area (Å²) in [4.78, 5) is 10.4. The molecule has 0 atom stereocenters. The van der Waals surface area contributed by atoms with Crippen LogP contribution in [0.3, 0.4) is 0 Å². The molecule has 15 heavy (non-hydrogen) atoms. The van der Waals surface area contributed by atoms with Crippen LogP contribution in [0.25, 0.3) is 0 Å². The summed E-state index contributed by atoms with van der Waals surface area (Å²) in [5.74, 6) is -0.304. The van der Waals surface area contributed by atoms with Crippen LogP contribution in [0.15, 0.2) is 36.6 Å². The second-order valence-corrected chi connectivity index (χ2v) is 2.55. The van der Waals surface area contributed by atoms with Gasteiger partial charge in [0.25, 0.3) is 0 Å². The number of carbonyl (C=O) groups excluding carboxylic acids is 1. The Labute approximate surface area is 92.5 Å². The minimum absolute atomic E-state index is 0.225. The Hall–Kier alpha value is -1.51. The molecule has 0 heterocycles. The van der Waals surface area contributed by atoms with E-state index in [1.165, 1.54) is 6.92 Å². The minimum atomic E-state index is -0.304. The molecule has 0 saturated heterocycles. The Balaban J connectivity index is 0. The summed E-state index contributed by atoms with van der Waals surface area (Å²) in [7, 11) is 1.78. The Morgan fingerprint density at radius 1 is 1.33 bits per heavy atom. The van der Waals surface area contributed by atoms with E-state index in [4.69, 9.17) is 4.74 Å². The van der Waals surface area contributed by atoms with Crippen LogP contribution in [-0.2, 0) is 9.53 Å². The van der Waals surface area contributed by atoms with Crippen molar-refractivity contribution in [1.29, 1.82) is 0 Å². The quantitative estimate of drug-likeness (QED) is 0.560. The maximum atomic E-state index is 10.4. The zero-order chi connectivity index (χ0) is 12.3. The first-order valence-electron chi connectivity index (χ1n) is 4.92. The fourth-order valence-electron chi connectivity index (χ4n) is 0.544. The van der Waals surface area contributed by atoms with Crippen molar-refractivity contribution in [2.45, 2.75) is 20.8 Å². The highest BCUT2D eigenvalue weighted by molar-refractivity contribution is 5.66. The van der Waals surface area contributed by atoms with Crippen LogP contribution in [0.2, 0.25) is 0 Å². The fraction of sp³-hybridized carbons (Fsp3) is 0.417. The fourth-order valence-corrected chi connectivity index (χ4v) is 0.544. The van der Waals surface area contributed by atoms with Crippen molar-refractivity contribution in [2.75, 3.05) is 13.7 Å². The molecule has 0 aromatic carbocycles. The summed E-state index contributed by atoms with van der Waals surface area (Å²) in [6, 6.07) is 0. The maximum absolute atomic E-state index is 10.4. The Kier molecular flexibility index (Phi) is 11.2. The average molecular weight is 211 g/mol. The molecule has 3 heteroatoms. The molecule has 0 aromatic rings. The highest BCUT2D eigenvalue weighted by Crippen LogP contribution is 1.96. The molecule has 0 aliphatic carbocycles. The lowest BCUT2D eigenvalue weighted by Crippen LogP contribution is -2.03. The summed E-state index contributed by atoms with van der Waals surface area (Å²) in [6.07, 6.45) is 3.52. The molecule has 0 aliphatic rings. The normalized spacial score (nSPS) is 8.80. The molecule has 0 spiro atoms. The number of hydrogen-bond acceptors (Lipinski definition) is 3. The van der Waals surface area contributed by atoms with Crippen molar-refractivity contribution in [1.82, 2.24) is 5.32 Å². The molecule has 0 rings (SSSR count). The summed E-state index contributed by atoms with van der Waals surface area (Å²) in [5, 5.41) is 2.86. The molecule has 3 nitrogen and oxygen atoms in total. The third-order valence-corrected chi connectivity index (χ3v) is 1.30. The van der Waals surface area contributed by atoms with Crippen molar-refractivity contribution in [3.05, 3.63) is 36.6 Å². The number of esters is 1. The van der Waals surface area contributed by atoms with Crippen LogP contribution in [0.1, 0.15) is 20.8 Å². The van der Waals surface area contributed by atoms with Crippen LogP contribution in [0, 0.1) is 0 Å². The van der Waals surface area contributed by atoms with E-state index in [2.05, 4.69) is 18.5 Å². The number of ether oxygens (including phenoxy) is 1. The predicted octanol–water partition coefficient (Wildman–Crippen LogP) is 2.42. The zero-order valence-corrected chi connectivity index (χ0v) is 10.1. The van der Waals surface area contributed by atoms with Gasteiger partial charge in [0, 0.05) is 19.7 Å². The van der Waals surface area contributed by atoms with E-state index in [0.29, 0.717) is 0 Å². The highest BCUT2D eigenvalue weighted by Gasteiger charge is 1.93. The number of likely N-dealkylation sites (N-methyl/N-ethyl adjacent to an activating group) is 1. The summed E-state index contributed by atoms with van der Waals surface area (Å²) >= 11 is 0. The third kappa shape index (κ3) is 12.5. The SMILES string of the molecule is C=C(/C=C\C(=C)NC)COC(C)=O.CC. The highest BCUT2D eigenvalue weighted by atomic mass is 16.5.